The summed E-state index contributed by atoms with van der Waals surface area (Å²) in [5.41, 5.74) is 1.34. The Kier molecular flexibility index (Phi) is 3.55. The molecule has 2 N–H and O–H groups in total. The van der Waals surface area contributed by atoms with Crippen molar-refractivity contribution < 1.29 is 23.4 Å². The minimum Gasteiger partial charge on any atom is -0.493 e. The minimum absolute atomic E-state index is 0.119. The lowest BCUT2D eigenvalue weighted by Gasteiger charge is -2.31. The highest BCUT2D eigenvalue weighted by molar-refractivity contribution is 6.07. The molecule has 140 valence electrons. The molecule has 2 aromatic rings. The fourth-order valence-electron chi connectivity index (χ4n) is 4.48. The number of amides is 1. The second kappa shape index (κ2) is 5.85. The number of carbonyl (C=O) groups excluding carboxylic acids is 1. The number of nitrogens with one attached hydrogen (secondary N) is 2. The number of carbonyl (C=O) groups is 1. The van der Waals surface area contributed by atoms with Gasteiger partial charge in [0.05, 0.1) is 18.6 Å². The first-order valence-electron chi connectivity index (χ1n) is 8.96. The number of halogens is 1. The molecule has 0 unspecified atom stereocenters. The lowest BCUT2D eigenvalue weighted by atomic mass is 9.72. The first-order valence-corrected chi connectivity index (χ1v) is 8.96. The van der Waals surface area contributed by atoms with Gasteiger partial charge in [-0.1, -0.05) is 0 Å². The van der Waals surface area contributed by atoms with E-state index in [1.165, 1.54) is 12.1 Å². The molecule has 5 rings (SSSR count). The molecule has 0 saturated carbocycles. The van der Waals surface area contributed by atoms with Crippen molar-refractivity contribution in [3.8, 4) is 17.2 Å². The zero-order valence-electron chi connectivity index (χ0n) is 14.8. The van der Waals surface area contributed by atoms with Crippen molar-refractivity contribution >= 4 is 11.6 Å². The largest absolute Gasteiger partial charge is 0.493 e. The van der Waals surface area contributed by atoms with Crippen LogP contribution in [0, 0.1) is 5.82 Å². The lowest BCUT2D eigenvalue weighted by molar-refractivity contribution is -0.121. The zero-order valence-corrected chi connectivity index (χ0v) is 14.8. The van der Waals surface area contributed by atoms with Gasteiger partial charge in [0.2, 0.25) is 11.7 Å². The van der Waals surface area contributed by atoms with Crippen molar-refractivity contribution in [2.75, 3.05) is 32.2 Å². The van der Waals surface area contributed by atoms with Crippen LogP contribution in [0.25, 0.3) is 0 Å². The Balaban J connectivity index is 1.66. The first-order chi connectivity index (χ1) is 13.1. The van der Waals surface area contributed by atoms with Gasteiger partial charge in [0, 0.05) is 5.69 Å². The van der Waals surface area contributed by atoms with E-state index in [1.54, 1.807) is 13.2 Å². The highest BCUT2D eigenvalue weighted by Crippen LogP contribution is 2.53. The van der Waals surface area contributed by atoms with Crippen LogP contribution in [-0.4, -0.2) is 32.8 Å². The Labute approximate surface area is 155 Å². The summed E-state index contributed by atoms with van der Waals surface area (Å²) in [6, 6.07) is 7.86. The van der Waals surface area contributed by atoms with Gasteiger partial charge in [-0.25, -0.2) is 4.39 Å². The second-order valence-electron chi connectivity index (χ2n) is 7.00. The third-order valence-electron chi connectivity index (χ3n) is 5.66. The topological polar surface area (TPSA) is 68.8 Å². The van der Waals surface area contributed by atoms with Crippen molar-refractivity contribution in [1.82, 2.24) is 5.32 Å². The van der Waals surface area contributed by atoms with Crippen LogP contribution < -0.4 is 24.8 Å². The average molecular weight is 370 g/mol. The van der Waals surface area contributed by atoms with Gasteiger partial charge in [-0.3, -0.25) is 4.79 Å². The molecule has 6 nitrogen and oxygen atoms in total. The number of benzene rings is 2. The van der Waals surface area contributed by atoms with Crippen LogP contribution in [0.1, 0.15) is 23.6 Å². The Bertz CT molecular complexity index is 931. The average Bonchev–Trinajstić information content (AvgIpc) is 3.24. The van der Waals surface area contributed by atoms with E-state index in [1.807, 2.05) is 12.1 Å². The van der Waals surface area contributed by atoms with E-state index in [0.29, 0.717) is 54.7 Å². The van der Waals surface area contributed by atoms with Crippen molar-refractivity contribution in [3.05, 3.63) is 47.3 Å². The minimum atomic E-state index is -0.869. The molecule has 2 atom stereocenters. The van der Waals surface area contributed by atoms with Gasteiger partial charge in [0.1, 0.15) is 19.0 Å². The maximum absolute atomic E-state index is 14.0. The molecule has 3 aliphatic heterocycles. The van der Waals surface area contributed by atoms with Gasteiger partial charge >= 0.3 is 0 Å². The number of methoxy groups -OCH3 is 1. The maximum atomic E-state index is 14.0. The van der Waals surface area contributed by atoms with Gasteiger partial charge < -0.3 is 24.8 Å². The second-order valence-corrected chi connectivity index (χ2v) is 7.00. The van der Waals surface area contributed by atoms with Crippen LogP contribution in [0.4, 0.5) is 10.1 Å². The predicted molar refractivity (Wildman–Crippen MR) is 96.1 cm³/mol. The van der Waals surface area contributed by atoms with E-state index in [2.05, 4.69) is 10.6 Å². The summed E-state index contributed by atoms with van der Waals surface area (Å²) >= 11 is 0. The fraction of sp³-hybridized carbons (Fsp3) is 0.350. The van der Waals surface area contributed by atoms with Crippen molar-refractivity contribution in [2.24, 2.45) is 0 Å². The fourth-order valence-corrected chi connectivity index (χ4v) is 4.48. The molecule has 1 spiro atoms. The summed E-state index contributed by atoms with van der Waals surface area (Å²) in [4.78, 5) is 13.0. The van der Waals surface area contributed by atoms with Crippen molar-refractivity contribution in [1.29, 1.82) is 0 Å². The molecule has 1 fully saturated rings. The molecule has 0 bridgehead atoms. The Morgan fingerprint density at radius 3 is 2.93 bits per heavy atom. The quantitative estimate of drug-likeness (QED) is 0.850. The van der Waals surface area contributed by atoms with Crippen molar-refractivity contribution in [3.63, 3.8) is 0 Å². The Morgan fingerprint density at radius 2 is 2.07 bits per heavy atom. The van der Waals surface area contributed by atoms with Crippen LogP contribution in [0.5, 0.6) is 17.2 Å². The molecule has 27 heavy (non-hydrogen) atoms. The standard InChI is InChI=1S/C20H19FN2O4/c1-25-15-8-11(9-16-17(15)27-7-6-26-16)18-20(4-5-22-18)13-10-12(21)2-3-14(13)23-19(20)24/h2-3,8-10,18,22H,4-7H2,1H3,(H,23,24)/t18-,20+/m0/s1. The third kappa shape index (κ3) is 2.24. The molecule has 7 heteroatoms. The van der Waals surface area contributed by atoms with E-state index in [0.717, 1.165) is 5.56 Å². The smallest absolute Gasteiger partial charge is 0.237 e. The van der Waals surface area contributed by atoms with E-state index in [4.69, 9.17) is 14.2 Å². The number of hydrogen-bond donors (Lipinski definition) is 2. The number of hydrogen-bond acceptors (Lipinski definition) is 5. The summed E-state index contributed by atoms with van der Waals surface area (Å²) in [6.07, 6.45) is 0.580. The molecular formula is C20H19FN2O4. The Morgan fingerprint density at radius 1 is 1.22 bits per heavy atom. The van der Waals surface area contributed by atoms with E-state index in [9.17, 15) is 9.18 Å². The Hall–Kier alpha value is -2.80. The molecule has 3 heterocycles. The number of fused-ring (bicyclic) bond motifs is 3. The van der Waals surface area contributed by atoms with Crippen LogP contribution in [0.2, 0.25) is 0 Å². The van der Waals surface area contributed by atoms with Crippen LogP contribution in [0.3, 0.4) is 0 Å². The highest BCUT2D eigenvalue weighted by Gasteiger charge is 2.55. The zero-order chi connectivity index (χ0) is 18.6. The summed E-state index contributed by atoms with van der Waals surface area (Å²) in [7, 11) is 1.57. The summed E-state index contributed by atoms with van der Waals surface area (Å²) in [5, 5.41) is 6.33. The predicted octanol–water partition coefficient (Wildman–Crippen LogP) is 2.53. The first kappa shape index (κ1) is 16.4. The molecule has 0 aromatic heterocycles. The van der Waals surface area contributed by atoms with E-state index in [-0.39, 0.29) is 17.8 Å². The third-order valence-corrected chi connectivity index (χ3v) is 5.66. The molecule has 1 amide bonds. The van der Waals surface area contributed by atoms with Gasteiger partial charge in [-0.2, -0.15) is 0 Å². The van der Waals surface area contributed by atoms with Crippen LogP contribution in [-0.2, 0) is 10.2 Å². The molecule has 0 radical (unpaired) electrons. The van der Waals surface area contributed by atoms with E-state index < -0.39 is 5.41 Å². The van der Waals surface area contributed by atoms with Gasteiger partial charge in [0.15, 0.2) is 11.5 Å². The summed E-state index contributed by atoms with van der Waals surface area (Å²) in [6.45, 7) is 1.56. The molecular weight excluding hydrogens is 351 g/mol. The normalized spacial score (nSPS) is 25.4. The molecule has 1 saturated heterocycles. The SMILES string of the molecule is COc1cc([C@@H]2NCC[C@]23C(=O)Nc2ccc(F)cc23)cc2c1OCCO2. The maximum Gasteiger partial charge on any atom is 0.237 e. The van der Waals surface area contributed by atoms with Gasteiger partial charge in [0.25, 0.3) is 0 Å². The van der Waals surface area contributed by atoms with E-state index >= 15 is 0 Å². The lowest BCUT2D eigenvalue weighted by Crippen LogP contribution is -2.39. The van der Waals surface area contributed by atoms with Crippen LogP contribution >= 0.6 is 0 Å². The van der Waals surface area contributed by atoms with Gasteiger partial charge in [-0.15, -0.1) is 0 Å². The summed E-state index contributed by atoms with van der Waals surface area (Å²) < 4.78 is 30.9. The highest BCUT2D eigenvalue weighted by atomic mass is 19.1. The summed E-state index contributed by atoms with van der Waals surface area (Å²) in [5.74, 6) is 1.25. The number of anilines is 1. The molecule has 3 aliphatic rings. The number of rotatable bonds is 2. The molecule has 0 aliphatic carbocycles. The number of ether oxygens (including phenoxy) is 3. The van der Waals surface area contributed by atoms with Crippen LogP contribution in [0.15, 0.2) is 30.3 Å². The van der Waals surface area contributed by atoms with Gasteiger partial charge in [-0.05, 0) is 54.4 Å². The van der Waals surface area contributed by atoms with Crippen molar-refractivity contribution in [2.45, 2.75) is 17.9 Å². The molecule has 2 aromatic carbocycles. The monoisotopic (exact) mass is 370 g/mol.